The van der Waals surface area contributed by atoms with Crippen LogP contribution in [0.2, 0.25) is 0 Å². The summed E-state index contributed by atoms with van der Waals surface area (Å²) in [7, 11) is -3.64. The molecule has 0 saturated carbocycles. The van der Waals surface area contributed by atoms with Crippen LogP contribution in [0.1, 0.15) is 24.5 Å². The molecule has 19 heavy (non-hydrogen) atoms. The maximum atomic E-state index is 12.1. The Balaban J connectivity index is 2.76. The number of hydrogen-bond acceptors (Lipinski definition) is 3. The predicted octanol–water partition coefficient (Wildman–Crippen LogP) is 1.11. The molecule has 0 bridgehead atoms. The molecular weight excluding hydrogens is 264 g/mol. The minimum atomic E-state index is -3.64. The van der Waals surface area contributed by atoms with Crippen LogP contribution < -0.4 is 10.0 Å². The summed E-state index contributed by atoms with van der Waals surface area (Å²) in [6.07, 6.45) is 0.815. The van der Waals surface area contributed by atoms with Crippen molar-refractivity contribution in [2.45, 2.75) is 32.1 Å². The van der Waals surface area contributed by atoms with Gasteiger partial charge in [0.25, 0.3) is 0 Å². The van der Waals surface area contributed by atoms with E-state index in [0.717, 1.165) is 12.0 Å². The largest absolute Gasteiger partial charge is 0.355 e. The van der Waals surface area contributed by atoms with Crippen molar-refractivity contribution in [2.24, 2.45) is 0 Å². The number of aryl methyl sites for hydroxylation is 2. The van der Waals surface area contributed by atoms with E-state index in [1.165, 1.54) is 0 Å². The topological polar surface area (TPSA) is 75.3 Å². The highest BCUT2D eigenvalue weighted by atomic mass is 32.2. The van der Waals surface area contributed by atoms with E-state index in [4.69, 9.17) is 0 Å². The van der Waals surface area contributed by atoms with Crippen LogP contribution in [0.25, 0.3) is 0 Å². The minimum Gasteiger partial charge on any atom is -0.355 e. The molecule has 0 unspecified atom stereocenters. The molecule has 0 fully saturated rings. The maximum absolute atomic E-state index is 12.1. The summed E-state index contributed by atoms with van der Waals surface area (Å²) in [6, 6.07) is 5.20. The number of nitrogens with one attached hydrogen (secondary N) is 2. The molecule has 0 aliphatic heterocycles. The highest BCUT2D eigenvalue weighted by Gasteiger charge is 2.17. The first-order chi connectivity index (χ1) is 8.86. The average molecular weight is 284 g/mol. The lowest BCUT2D eigenvalue weighted by atomic mass is 10.2. The van der Waals surface area contributed by atoms with E-state index in [2.05, 4.69) is 10.0 Å². The summed E-state index contributed by atoms with van der Waals surface area (Å²) in [5, 5.41) is 2.62. The van der Waals surface area contributed by atoms with Crippen LogP contribution in [0, 0.1) is 13.8 Å². The number of rotatable bonds is 6. The minimum absolute atomic E-state index is 0.218. The molecule has 6 heteroatoms. The van der Waals surface area contributed by atoms with E-state index in [-0.39, 0.29) is 17.3 Å². The van der Waals surface area contributed by atoms with E-state index < -0.39 is 10.0 Å². The second-order valence-electron chi connectivity index (χ2n) is 4.44. The Labute approximate surface area is 114 Å². The third kappa shape index (κ3) is 4.65. The van der Waals surface area contributed by atoms with Gasteiger partial charge in [-0.3, -0.25) is 4.79 Å². The molecule has 1 rings (SSSR count). The van der Waals surface area contributed by atoms with E-state index in [1.54, 1.807) is 19.1 Å². The zero-order chi connectivity index (χ0) is 14.5. The van der Waals surface area contributed by atoms with Gasteiger partial charge in [-0.2, -0.15) is 0 Å². The fourth-order valence-corrected chi connectivity index (χ4v) is 2.87. The van der Waals surface area contributed by atoms with Crippen LogP contribution in [-0.4, -0.2) is 27.4 Å². The molecule has 0 aromatic heterocycles. The molecule has 106 valence electrons. The number of benzene rings is 1. The monoisotopic (exact) mass is 284 g/mol. The van der Waals surface area contributed by atoms with Crippen LogP contribution in [0.4, 0.5) is 0 Å². The Morgan fingerprint density at radius 2 is 1.95 bits per heavy atom. The molecule has 1 aromatic carbocycles. The molecule has 0 spiro atoms. The lowest BCUT2D eigenvalue weighted by Gasteiger charge is -2.10. The Morgan fingerprint density at radius 3 is 2.58 bits per heavy atom. The Hall–Kier alpha value is -1.40. The molecule has 0 radical (unpaired) electrons. The van der Waals surface area contributed by atoms with Gasteiger partial charge in [-0.15, -0.1) is 0 Å². The van der Waals surface area contributed by atoms with Gasteiger partial charge in [0, 0.05) is 6.54 Å². The third-order valence-electron chi connectivity index (χ3n) is 2.63. The quantitative estimate of drug-likeness (QED) is 0.821. The SMILES string of the molecule is CCCNC(=O)CNS(=O)(=O)c1cc(C)ccc1C. The van der Waals surface area contributed by atoms with Crippen molar-refractivity contribution in [2.75, 3.05) is 13.1 Å². The fourth-order valence-electron chi connectivity index (χ4n) is 1.56. The van der Waals surface area contributed by atoms with E-state index in [1.807, 2.05) is 19.9 Å². The first-order valence-electron chi connectivity index (χ1n) is 6.20. The van der Waals surface area contributed by atoms with Crippen molar-refractivity contribution >= 4 is 15.9 Å². The second-order valence-corrected chi connectivity index (χ2v) is 6.18. The van der Waals surface area contributed by atoms with Gasteiger partial charge in [0.1, 0.15) is 0 Å². The summed E-state index contributed by atoms with van der Waals surface area (Å²) < 4.78 is 26.5. The van der Waals surface area contributed by atoms with Gasteiger partial charge in [-0.25, -0.2) is 13.1 Å². The lowest BCUT2D eigenvalue weighted by Crippen LogP contribution is -2.37. The summed E-state index contributed by atoms with van der Waals surface area (Å²) in [5.74, 6) is -0.323. The van der Waals surface area contributed by atoms with Crippen LogP contribution in [0.3, 0.4) is 0 Å². The summed E-state index contributed by atoms with van der Waals surface area (Å²) in [5.41, 5.74) is 1.52. The standard InChI is InChI=1S/C13H20N2O3S/c1-4-7-14-13(16)9-15-19(17,18)12-8-10(2)5-6-11(12)3/h5-6,8,15H,4,7,9H2,1-3H3,(H,14,16). The van der Waals surface area contributed by atoms with Gasteiger partial charge >= 0.3 is 0 Å². The zero-order valence-corrected chi connectivity index (χ0v) is 12.3. The lowest BCUT2D eigenvalue weighted by molar-refractivity contribution is -0.119. The first kappa shape index (κ1) is 15.7. The maximum Gasteiger partial charge on any atom is 0.241 e. The molecule has 0 atom stereocenters. The zero-order valence-electron chi connectivity index (χ0n) is 11.5. The molecule has 0 saturated heterocycles. The van der Waals surface area contributed by atoms with Crippen LogP contribution in [0.5, 0.6) is 0 Å². The van der Waals surface area contributed by atoms with Crippen LogP contribution >= 0.6 is 0 Å². The van der Waals surface area contributed by atoms with Gasteiger partial charge < -0.3 is 5.32 Å². The molecule has 0 heterocycles. The van der Waals surface area contributed by atoms with E-state index in [9.17, 15) is 13.2 Å². The summed E-state index contributed by atoms with van der Waals surface area (Å²) in [6.45, 7) is 5.79. The Kier molecular flexibility index (Phi) is 5.50. The van der Waals surface area contributed by atoms with Gasteiger partial charge in [0.05, 0.1) is 11.4 Å². The van der Waals surface area contributed by atoms with Gasteiger partial charge in [-0.05, 0) is 37.5 Å². The number of hydrogen-bond donors (Lipinski definition) is 2. The van der Waals surface area contributed by atoms with Gasteiger partial charge in [-0.1, -0.05) is 19.1 Å². The van der Waals surface area contributed by atoms with Gasteiger partial charge in [0.2, 0.25) is 15.9 Å². The normalized spacial score (nSPS) is 11.3. The summed E-state index contributed by atoms with van der Waals surface area (Å²) >= 11 is 0. The van der Waals surface area contributed by atoms with Crippen LogP contribution in [0.15, 0.2) is 23.1 Å². The van der Waals surface area contributed by atoms with Crippen molar-refractivity contribution in [1.29, 1.82) is 0 Å². The molecule has 1 aromatic rings. The summed E-state index contributed by atoms with van der Waals surface area (Å²) in [4.78, 5) is 11.6. The predicted molar refractivity (Wildman–Crippen MR) is 74.4 cm³/mol. The van der Waals surface area contributed by atoms with E-state index in [0.29, 0.717) is 12.1 Å². The van der Waals surface area contributed by atoms with Crippen molar-refractivity contribution in [1.82, 2.24) is 10.0 Å². The Morgan fingerprint density at radius 1 is 1.26 bits per heavy atom. The van der Waals surface area contributed by atoms with Crippen LogP contribution in [-0.2, 0) is 14.8 Å². The number of sulfonamides is 1. The molecular formula is C13H20N2O3S. The van der Waals surface area contributed by atoms with Crippen molar-refractivity contribution < 1.29 is 13.2 Å². The van der Waals surface area contributed by atoms with Crippen molar-refractivity contribution in [3.05, 3.63) is 29.3 Å². The molecule has 0 aliphatic rings. The highest BCUT2D eigenvalue weighted by Crippen LogP contribution is 2.16. The average Bonchev–Trinajstić information content (AvgIpc) is 2.36. The number of amides is 1. The molecule has 2 N–H and O–H groups in total. The number of carbonyl (C=O) groups is 1. The van der Waals surface area contributed by atoms with E-state index >= 15 is 0 Å². The molecule has 0 aliphatic carbocycles. The smallest absolute Gasteiger partial charge is 0.241 e. The number of carbonyl (C=O) groups excluding carboxylic acids is 1. The fraction of sp³-hybridized carbons (Fsp3) is 0.462. The second kappa shape index (κ2) is 6.68. The van der Waals surface area contributed by atoms with Gasteiger partial charge in [0.15, 0.2) is 0 Å². The third-order valence-corrected chi connectivity index (χ3v) is 4.17. The van der Waals surface area contributed by atoms with Crippen molar-refractivity contribution in [3.8, 4) is 0 Å². The first-order valence-corrected chi connectivity index (χ1v) is 7.68. The molecule has 5 nitrogen and oxygen atoms in total. The highest BCUT2D eigenvalue weighted by molar-refractivity contribution is 7.89. The Bertz CT molecular complexity index is 553. The molecule has 1 amide bonds. The van der Waals surface area contributed by atoms with Crippen molar-refractivity contribution in [3.63, 3.8) is 0 Å².